The molecule has 0 radical (unpaired) electrons. The van der Waals surface area contributed by atoms with E-state index in [1.165, 1.54) is 6.07 Å². The van der Waals surface area contributed by atoms with Crippen LogP contribution in [0.2, 0.25) is 0 Å². The molecule has 5 heteroatoms. The van der Waals surface area contributed by atoms with Crippen molar-refractivity contribution in [2.75, 3.05) is 6.61 Å². The molecule has 2 rings (SSSR count). The van der Waals surface area contributed by atoms with Crippen molar-refractivity contribution in [1.29, 1.82) is 0 Å². The van der Waals surface area contributed by atoms with E-state index in [2.05, 4.69) is 0 Å². The lowest BCUT2D eigenvalue weighted by atomic mass is 9.92. The molecule has 1 aliphatic rings. The van der Waals surface area contributed by atoms with Gasteiger partial charge in [-0.2, -0.15) is 13.2 Å². The Morgan fingerprint density at radius 3 is 2.58 bits per heavy atom. The van der Waals surface area contributed by atoms with Gasteiger partial charge in [0.25, 0.3) is 0 Å². The van der Waals surface area contributed by atoms with Crippen LogP contribution >= 0.6 is 0 Å². The third-order valence-electron chi connectivity index (χ3n) is 3.57. The SMILES string of the molecule is Cc1cc(C(F)(F)F)ccc1C(N)C1CCCCO1. The normalized spacial score (nSPS) is 22.3. The van der Waals surface area contributed by atoms with Gasteiger partial charge in [-0.1, -0.05) is 6.07 Å². The summed E-state index contributed by atoms with van der Waals surface area (Å²) in [6.07, 6.45) is -1.46. The topological polar surface area (TPSA) is 35.2 Å². The van der Waals surface area contributed by atoms with Gasteiger partial charge in [-0.05, 0) is 49.4 Å². The molecule has 2 unspecified atom stereocenters. The van der Waals surface area contributed by atoms with Crippen LogP contribution in [0.25, 0.3) is 0 Å². The highest BCUT2D eigenvalue weighted by Gasteiger charge is 2.31. The number of hydrogen-bond donors (Lipinski definition) is 1. The third-order valence-corrected chi connectivity index (χ3v) is 3.57. The lowest BCUT2D eigenvalue weighted by molar-refractivity contribution is -0.137. The number of nitrogens with two attached hydrogens (primary N) is 1. The molecule has 0 amide bonds. The zero-order valence-corrected chi connectivity index (χ0v) is 10.8. The van der Waals surface area contributed by atoms with Crippen LogP contribution in [-0.2, 0) is 10.9 Å². The lowest BCUT2D eigenvalue weighted by Gasteiger charge is -2.29. The highest BCUT2D eigenvalue weighted by atomic mass is 19.4. The molecule has 1 heterocycles. The molecule has 19 heavy (non-hydrogen) atoms. The van der Waals surface area contributed by atoms with Gasteiger partial charge in [-0.3, -0.25) is 0 Å². The molecule has 1 saturated heterocycles. The summed E-state index contributed by atoms with van der Waals surface area (Å²) in [6.45, 7) is 2.34. The quantitative estimate of drug-likeness (QED) is 0.893. The van der Waals surface area contributed by atoms with Crippen molar-refractivity contribution >= 4 is 0 Å². The van der Waals surface area contributed by atoms with Crippen LogP contribution in [-0.4, -0.2) is 12.7 Å². The molecule has 2 nitrogen and oxygen atoms in total. The second-order valence-corrected chi connectivity index (χ2v) is 5.00. The van der Waals surface area contributed by atoms with Gasteiger partial charge < -0.3 is 10.5 Å². The summed E-state index contributed by atoms with van der Waals surface area (Å²) in [4.78, 5) is 0. The Kier molecular flexibility index (Phi) is 4.16. The lowest BCUT2D eigenvalue weighted by Crippen LogP contribution is -2.32. The Morgan fingerprint density at radius 1 is 1.32 bits per heavy atom. The molecular formula is C14H18F3NO. The van der Waals surface area contributed by atoms with E-state index in [1.54, 1.807) is 6.92 Å². The molecule has 1 aromatic carbocycles. The monoisotopic (exact) mass is 273 g/mol. The smallest absolute Gasteiger partial charge is 0.376 e. The zero-order chi connectivity index (χ0) is 14.0. The van der Waals surface area contributed by atoms with Crippen LogP contribution in [0.3, 0.4) is 0 Å². The maximum Gasteiger partial charge on any atom is 0.416 e. The van der Waals surface area contributed by atoms with Crippen molar-refractivity contribution in [3.8, 4) is 0 Å². The highest BCUT2D eigenvalue weighted by molar-refractivity contribution is 5.35. The molecular weight excluding hydrogens is 255 g/mol. The zero-order valence-electron chi connectivity index (χ0n) is 10.8. The van der Waals surface area contributed by atoms with Crippen LogP contribution in [0.5, 0.6) is 0 Å². The predicted octanol–water partition coefficient (Wildman–Crippen LogP) is 3.58. The van der Waals surface area contributed by atoms with Crippen molar-refractivity contribution in [2.45, 2.75) is 44.5 Å². The Labute approximate surface area is 110 Å². The molecule has 106 valence electrons. The van der Waals surface area contributed by atoms with E-state index >= 15 is 0 Å². The van der Waals surface area contributed by atoms with Crippen LogP contribution in [0, 0.1) is 6.92 Å². The minimum absolute atomic E-state index is 0.0933. The number of halogens is 3. The summed E-state index contributed by atoms with van der Waals surface area (Å²) < 4.78 is 43.4. The van der Waals surface area contributed by atoms with E-state index in [1.807, 2.05) is 0 Å². The first-order chi connectivity index (χ1) is 8.89. The van der Waals surface area contributed by atoms with Gasteiger partial charge in [0.2, 0.25) is 0 Å². The number of ether oxygens (including phenoxy) is 1. The average Bonchev–Trinajstić information content (AvgIpc) is 2.38. The number of benzene rings is 1. The van der Waals surface area contributed by atoms with Crippen molar-refractivity contribution in [3.05, 3.63) is 34.9 Å². The number of rotatable bonds is 2. The van der Waals surface area contributed by atoms with Gasteiger partial charge in [-0.25, -0.2) is 0 Å². The number of aryl methyl sites for hydroxylation is 1. The molecule has 1 aliphatic heterocycles. The van der Waals surface area contributed by atoms with Gasteiger partial charge in [-0.15, -0.1) is 0 Å². The van der Waals surface area contributed by atoms with E-state index in [-0.39, 0.29) is 12.1 Å². The Balaban J connectivity index is 2.20. The second kappa shape index (κ2) is 5.51. The van der Waals surface area contributed by atoms with Crippen molar-refractivity contribution in [3.63, 3.8) is 0 Å². The van der Waals surface area contributed by atoms with Crippen molar-refractivity contribution < 1.29 is 17.9 Å². The minimum Gasteiger partial charge on any atom is -0.376 e. The van der Waals surface area contributed by atoms with Crippen molar-refractivity contribution in [1.82, 2.24) is 0 Å². The van der Waals surface area contributed by atoms with Gasteiger partial charge >= 0.3 is 6.18 Å². The van der Waals surface area contributed by atoms with Crippen LogP contribution in [0.1, 0.15) is 42.0 Å². The fourth-order valence-corrected chi connectivity index (χ4v) is 2.48. The fraction of sp³-hybridized carbons (Fsp3) is 0.571. The summed E-state index contributed by atoms with van der Waals surface area (Å²) >= 11 is 0. The van der Waals surface area contributed by atoms with E-state index in [9.17, 15) is 13.2 Å². The van der Waals surface area contributed by atoms with Gasteiger partial charge in [0.05, 0.1) is 17.7 Å². The Bertz CT molecular complexity index is 439. The van der Waals surface area contributed by atoms with Gasteiger partial charge in [0, 0.05) is 6.61 Å². The van der Waals surface area contributed by atoms with Gasteiger partial charge in [0.1, 0.15) is 0 Å². The van der Waals surface area contributed by atoms with Crippen LogP contribution in [0.15, 0.2) is 18.2 Å². The standard InChI is InChI=1S/C14H18F3NO/c1-9-8-10(14(15,16)17)5-6-11(9)13(18)12-4-2-3-7-19-12/h5-6,8,12-13H,2-4,7,18H2,1H3. The summed E-state index contributed by atoms with van der Waals surface area (Å²) in [6, 6.07) is 3.35. The molecule has 2 N–H and O–H groups in total. The van der Waals surface area contributed by atoms with E-state index in [4.69, 9.17) is 10.5 Å². The highest BCUT2D eigenvalue weighted by Crippen LogP contribution is 2.33. The van der Waals surface area contributed by atoms with E-state index in [0.717, 1.165) is 37.0 Å². The maximum absolute atomic E-state index is 12.6. The summed E-state index contributed by atoms with van der Waals surface area (Å²) in [5, 5.41) is 0. The van der Waals surface area contributed by atoms with E-state index in [0.29, 0.717) is 12.2 Å². The van der Waals surface area contributed by atoms with Crippen LogP contribution in [0.4, 0.5) is 13.2 Å². The average molecular weight is 273 g/mol. The molecule has 0 aliphatic carbocycles. The molecule has 0 aromatic heterocycles. The molecule has 1 aromatic rings. The first-order valence-electron chi connectivity index (χ1n) is 6.44. The largest absolute Gasteiger partial charge is 0.416 e. The van der Waals surface area contributed by atoms with Crippen molar-refractivity contribution in [2.24, 2.45) is 5.73 Å². The minimum atomic E-state index is -4.31. The fourth-order valence-electron chi connectivity index (χ4n) is 2.48. The first kappa shape index (κ1) is 14.3. The summed E-state index contributed by atoms with van der Waals surface area (Å²) in [5.41, 5.74) is 6.79. The molecule has 0 spiro atoms. The molecule has 0 saturated carbocycles. The van der Waals surface area contributed by atoms with Crippen LogP contribution < -0.4 is 5.73 Å². The summed E-state index contributed by atoms with van der Waals surface area (Å²) in [7, 11) is 0. The maximum atomic E-state index is 12.6. The molecule has 1 fully saturated rings. The first-order valence-corrected chi connectivity index (χ1v) is 6.44. The van der Waals surface area contributed by atoms with Gasteiger partial charge in [0.15, 0.2) is 0 Å². The second-order valence-electron chi connectivity index (χ2n) is 5.00. The summed E-state index contributed by atoms with van der Waals surface area (Å²) in [5.74, 6) is 0. The third kappa shape index (κ3) is 3.28. The molecule has 0 bridgehead atoms. The number of hydrogen-bond acceptors (Lipinski definition) is 2. The Morgan fingerprint density at radius 2 is 2.05 bits per heavy atom. The molecule has 2 atom stereocenters. The Hall–Kier alpha value is -1.07. The van der Waals surface area contributed by atoms with E-state index < -0.39 is 11.7 Å². The predicted molar refractivity (Wildman–Crippen MR) is 66.7 cm³/mol. The number of alkyl halides is 3.